The van der Waals surface area contributed by atoms with Gasteiger partial charge in [0.2, 0.25) is 0 Å². The Bertz CT molecular complexity index is 527. The van der Waals surface area contributed by atoms with Crippen LogP contribution in [0.25, 0.3) is 0 Å². The third kappa shape index (κ3) is 3.07. The van der Waals surface area contributed by atoms with Gasteiger partial charge in [-0.1, -0.05) is 25.9 Å². The van der Waals surface area contributed by atoms with E-state index in [2.05, 4.69) is 20.8 Å². The number of aromatic nitrogens is 2. The monoisotopic (exact) mass is 266 g/mol. The van der Waals surface area contributed by atoms with Crippen LogP contribution in [0.2, 0.25) is 0 Å². The summed E-state index contributed by atoms with van der Waals surface area (Å²) in [6.07, 6.45) is 1.62. The summed E-state index contributed by atoms with van der Waals surface area (Å²) in [4.78, 5) is 15.5. The lowest BCUT2D eigenvalue weighted by Gasteiger charge is -2.11. The standard InChI is InChI=1S/C11H14N4O2S/c1-11(2,3)7-6-8(15-17-7)13-9(16)14-10-12-4-5-18-10/h4-6H,1-3H3,(H2,12,13,14,15,16). The third-order valence-electron chi connectivity index (χ3n) is 2.14. The van der Waals surface area contributed by atoms with Crippen LogP contribution < -0.4 is 10.6 Å². The molecule has 0 aliphatic heterocycles. The summed E-state index contributed by atoms with van der Waals surface area (Å²) < 4.78 is 5.16. The SMILES string of the molecule is CC(C)(C)c1cc(NC(=O)Nc2nccs2)no1. The Balaban J connectivity index is 1.97. The van der Waals surface area contributed by atoms with Crippen molar-refractivity contribution in [1.29, 1.82) is 0 Å². The molecule has 0 saturated carbocycles. The number of hydrogen-bond acceptors (Lipinski definition) is 5. The van der Waals surface area contributed by atoms with Crippen molar-refractivity contribution in [2.45, 2.75) is 26.2 Å². The van der Waals surface area contributed by atoms with Gasteiger partial charge in [-0.2, -0.15) is 0 Å². The Kier molecular flexibility index (Phi) is 3.33. The molecule has 0 saturated heterocycles. The number of nitrogens with zero attached hydrogens (tertiary/aromatic N) is 2. The largest absolute Gasteiger partial charge is 0.359 e. The van der Waals surface area contributed by atoms with E-state index in [1.54, 1.807) is 17.6 Å². The van der Waals surface area contributed by atoms with Crippen molar-refractivity contribution in [3.63, 3.8) is 0 Å². The zero-order valence-electron chi connectivity index (χ0n) is 10.4. The number of hydrogen-bond donors (Lipinski definition) is 2. The van der Waals surface area contributed by atoms with E-state index in [0.29, 0.717) is 16.7 Å². The van der Waals surface area contributed by atoms with Gasteiger partial charge >= 0.3 is 6.03 Å². The zero-order valence-corrected chi connectivity index (χ0v) is 11.2. The highest BCUT2D eigenvalue weighted by Gasteiger charge is 2.20. The fourth-order valence-corrected chi connectivity index (χ4v) is 1.74. The molecular formula is C11H14N4O2S. The van der Waals surface area contributed by atoms with Crippen LogP contribution in [0.4, 0.5) is 15.7 Å². The molecule has 18 heavy (non-hydrogen) atoms. The number of thiazole rings is 1. The van der Waals surface area contributed by atoms with Crippen molar-refractivity contribution in [2.24, 2.45) is 0 Å². The summed E-state index contributed by atoms with van der Waals surface area (Å²) in [5, 5.41) is 11.3. The highest BCUT2D eigenvalue weighted by molar-refractivity contribution is 7.13. The van der Waals surface area contributed by atoms with Gasteiger partial charge in [-0.05, 0) is 0 Å². The van der Waals surface area contributed by atoms with Gasteiger partial charge in [0.05, 0.1) is 0 Å². The van der Waals surface area contributed by atoms with E-state index in [4.69, 9.17) is 4.52 Å². The van der Waals surface area contributed by atoms with Crippen LogP contribution in [0.5, 0.6) is 0 Å². The first-order chi connectivity index (χ1) is 8.45. The molecule has 2 rings (SSSR count). The second-order valence-corrected chi connectivity index (χ2v) is 5.64. The van der Waals surface area contributed by atoms with E-state index in [1.165, 1.54) is 11.3 Å². The molecule has 0 radical (unpaired) electrons. The van der Waals surface area contributed by atoms with Crippen LogP contribution in [0.3, 0.4) is 0 Å². The molecule has 0 aliphatic rings. The molecule has 6 nitrogen and oxygen atoms in total. The summed E-state index contributed by atoms with van der Waals surface area (Å²) in [6, 6.07) is 1.32. The lowest BCUT2D eigenvalue weighted by Crippen LogP contribution is -2.19. The molecule has 0 bridgehead atoms. The first-order valence-electron chi connectivity index (χ1n) is 5.40. The fraction of sp³-hybridized carbons (Fsp3) is 0.364. The molecule has 0 aliphatic carbocycles. The number of nitrogens with one attached hydrogen (secondary N) is 2. The van der Waals surface area contributed by atoms with Crippen molar-refractivity contribution >= 4 is 28.3 Å². The quantitative estimate of drug-likeness (QED) is 0.875. The van der Waals surface area contributed by atoms with Crippen LogP contribution >= 0.6 is 11.3 Å². The second-order valence-electron chi connectivity index (χ2n) is 4.74. The number of rotatable bonds is 2. The number of carbonyl (C=O) groups excluding carboxylic acids is 1. The molecule has 96 valence electrons. The van der Waals surface area contributed by atoms with Crippen LogP contribution in [0.1, 0.15) is 26.5 Å². The molecule has 2 amide bonds. The van der Waals surface area contributed by atoms with Crippen molar-refractivity contribution in [2.75, 3.05) is 10.6 Å². The molecule has 0 unspecified atom stereocenters. The van der Waals surface area contributed by atoms with E-state index in [9.17, 15) is 4.79 Å². The van der Waals surface area contributed by atoms with Gasteiger partial charge in [0.1, 0.15) is 5.76 Å². The molecular weight excluding hydrogens is 252 g/mol. The van der Waals surface area contributed by atoms with Crippen molar-refractivity contribution in [1.82, 2.24) is 10.1 Å². The van der Waals surface area contributed by atoms with Crippen molar-refractivity contribution < 1.29 is 9.32 Å². The Morgan fingerprint density at radius 1 is 1.39 bits per heavy atom. The normalized spacial score (nSPS) is 11.3. The molecule has 0 fully saturated rings. The third-order valence-corrected chi connectivity index (χ3v) is 2.83. The highest BCUT2D eigenvalue weighted by Crippen LogP contribution is 2.24. The predicted molar refractivity (Wildman–Crippen MR) is 70.0 cm³/mol. The molecule has 2 aromatic heterocycles. The minimum absolute atomic E-state index is 0.140. The van der Waals surface area contributed by atoms with E-state index in [1.807, 2.05) is 20.8 Å². The summed E-state index contributed by atoms with van der Waals surface area (Å²) >= 11 is 1.34. The maximum absolute atomic E-state index is 11.6. The molecule has 2 N–H and O–H groups in total. The molecule has 0 atom stereocenters. The number of urea groups is 1. The van der Waals surface area contributed by atoms with Crippen LogP contribution in [-0.2, 0) is 5.41 Å². The molecule has 2 heterocycles. The summed E-state index contributed by atoms with van der Waals surface area (Å²) in [6.45, 7) is 6.02. The lowest BCUT2D eigenvalue weighted by molar-refractivity contribution is 0.262. The van der Waals surface area contributed by atoms with Gasteiger partial charge < -0.3 is 4.52 Å². The van der Waals surface area contributed by atoms with E-state index >= 15 is 0 Å². The Morgan fingerprint density at radius 3 is 2.72 bits per heavy atom. The molecule has 0 spiro atoms. The second kappa shape index (κ2) is 4.77. The predicted octanol–water partition coefficient (Wildman–Crippen LogP) is 3.07. The Hall–Kier alpha value is -1.89. The average Bonchev–Trinajstić information content (AvgIpc) is 2.87. The highest BCUT2D eigenvalue weighted by atomic mass is 32.1. The first-order valence-corrected chi connectivity index (χ1v) is 6.28. The Labute approximate surface area is 108 Å². The topological polar surface area (TPSA) is 80.0 Å². The fourth-order valence-electron chi connectivity index (χ4n) is 1.22. The lowest BCUT2D eigenvalue weighted by atomic mass is 9.93. The number of anilines is 2. The van der Waals surface area contributed by atoms with E-state index in [0.717, 1.165) is 0 Å². The van der Waals surface area contributed by atoms with Gasteiger partial charge in [0.15, 0.2) is 10.9 Å². The summed E-state index contributed by atoms with van der Waals surface area (Å²) in [5.74, 6) is 1.10. The van der Waals surface area contributed by atoms with Gasteiger partial charge in [-0.25, -0.2) is 9.78 Å². The van der Waals surface area contributed by atoms with Gasteiger partial charge in [0.25, 0.3) is 0 Å². The van der Waals surface area contributed by atoms with Gasteiger partial charge in [0, 0.05) is 23.1 Å². The van der Waals surface area contributed by atoms with Gasteiger partial charge in [-0.15, -0.1) is 11.3 Å². The first kappa shape index (κ1) is 12.6. The van der Waals surface area contributed by atoms with E-state index in [-0.39, 0.29) is 5.41 Å². The molecule has 0 aromatic carbocycles. The van der Waals surface area contributed by atoms with Crippen LogP contribution in [0.15, 0.2) is 22.2 Å². The minimum atomic E-state index is -0.390. The molecule has 2 aromatic rings. The van der Waals surface area contributed by atoms with Crippen molar-refractivity contribution in [3.8, 4) is 0 Å². The number of amides is 2. The van der Waals surface area contributed by atoms with E-state index < -0.39 is 6.03 Å². The van der Waals surface area contributed by atoms with Crippen LogP contribution in [0, 0.1) is 0 Å². The maximum Gasteiger partial charge on any atom is 0.326 e. The zero-order chi connectivity index (χ0) is 13.2. The molecule has 7 heteroatoms. The maximum atomic E-state index is 11.6. The number of carbonyl (C=O) groups is 1. The summed E-state index contributed by atoms with van der Waals surface area (Å²) in [5.41, 5.74) is -0.140. The summed E-state index contributed by atoms with van der Waals surface area (Å²) in [7, 11) is 0. The van der Waals surface area contributed by atoms with Gasteiger partial charge in [-0.3, -0.25) is 10.6 Å². The van der Waals surface area contributed by atoms with Crippen molar-refractivity contribution in [3.05, 3.63) is 23.4 Å². The van der Waals surface area contributed by atoms with Crippen LogP contribution in [-0.4, -0.2) is 16.2 Å². The minimum Gasteiger partial charge on any atom is -0.359 e. The average molecular weight is 266 g/mol. The smallest absolute Gasteiger partial charge is 0.326 e. The Morgan fingerprint density at radius 2 is 2.17 bits per heavy atom.